The normalized spacial score (nSPS) is 22.4. The number of aromatic nitrogens is 2. The Morgan fingerprint density at radius 2 is 2.21 bits per heavy atom. The van der Waals surface area contributed by atoms with Crippen LogP contribution in [0.3, 0.4) is 0 Å². The van der Waals surface area contributed by atoms with E-state index in [4.69, 9.17) is 0 Å². The van der Waals surface area contributed by atoms with Crippen LogP contribution >= 0.6 is 0 Å². The van der Waals surface area contributed by atoms with Crippen LogP contribution in [0.2, 0.25) is 0 Å². The van der Waals surface area contributed by atoms with Crippen LogP contribution in [0.1, 0.15) is 32.7 Å². The van der Waals surface area contributed by atoms with Gasteiger partial charge in [-0.25, -0.2) is 0 Å². The smallest absolute Gasteiger partial charge is 0.362 e. The molecule has 24 heavy (non-hydrogen) atoms. The summed E-state index contributed by atoms with van der Waals surface area (Å²) in [6, 6.07) is -1.28. The van der Waals surface area contributed by atoms with Crippen LogP contribution in [-0.2, 0) is 4.79 Å². The quantitative estimate of drug-likeness (QED) is 0.655. The van der Waals surface area contributed by atoms with Crippen molar-refractivity contribution in [3.05, 3.63) is 22.5 Å². The van der Waals surface area contributed by atoms with Gasteiger partial charge in [-0.05, 0) is 13.3 Å². The molecular weight excluding hydrogens is 335 g/mol. The summed E-state index contributed by atoms with van der Waals surface area (Å²) in [4.78, 5) is 22.4. The second-order valence-corrected chi connectivity index (χ2v) is 5.34. The number of hydrazone groups is 1. The number of carbonyl (C=O) groups is 1. The van der Waals surface area contributed by atoms with Gasteiger partial charge in [-0.15, -0.1) is 0 Å². The summed E-state index contributed by atoms with van der Waals surface area (Å²) in [5.74, 6) is -1.16. The molecule has 1 aliphatic rings. The Hall–Kier alpha value is -2.50. The Balaban J connectivity index is 2.38. The fourth-order valence-corrected chi connectivity index (χ4v) is 2.38. The zero-order chi connectivity index (χ0) is 18.3. The highest BCUT2D eigenvalue weighted by Gasteiger charge is 2.63. The van der Waals surface area contributed by atoms with Crippen molar-refractivity contribution in [2.75, 3.05) is 0 Å². The van der Waals surface area contributed by atoms with E-state index in [0.29, 0.717) is 0 Å². The van der Waals surface area contributed by atoms with Gasteiger partial charge in [0.15, 0.2) is 0 Å². The third-order valence-electron chi connectivity index (χ3n) is 3.58. The summed E-state index contributed by atoms with van der Waals surface area (Å²) < 4.78 is 40.4. The lowest BCUT2D eigenvalue weighted by atomic mass is 10.1. The fourth-order valence-electron chi connectivity index (χ4n) is 2.38. The molecule has 1 aromatic heterocycles. The standard InChI is InChI=1S/C12H14F3N5O4/c1-3-9(18-6-8(5-16-18)20(23)24)10(21)19-11(22,12(13,14)15)4-7(2)17-19/h5-6,9,22H,3-4H2,1-2H3. The van der Waals surface area contributed by atoms with Gasteiger partial charge in [0, 0.05) is 12.1 Å². The number of nitro groups is 1. The highest BCUT2D eigenvalue weighted by atomic mass is 19.4. The van der Waals surface area contributed by atoms with E-state index in [-0.39, 0.29) is 17.1 Å². The number of carbonyl (C=O) groups excluding carboxylic acids is 1. The minimum Gasteiger partial charge on any atom is -0.362 e. The maximum atomic E-state index is 13.2. The minimum absolute atomic E-state index is 0.00330. The maximum Gasteiger partial charge on any atom is 0.438 e. The predicted molar refractivity (Wildman–Crippen MR) is 73.8 cm³/mol. The van der Waals surface area contributed by atoms with E-state index < -0.39 is 40.9 Å². The molecule has 1 N–H and O–H groups in total. The largest absolute Gasteiger partial charge is 0.438 e. The molecule has 2 heterocycles. The molecule has 0 aliphatic carbocycles. The minimum atomic E-state index is -5.11. The van der Waals surface area contributed by atoms with Crippen molar-refractivity contribution in [1.29, 1.82) is 0 Å². The molecule has 12 heteroatoms. The molecule has 1 aromatic rings. The highest BCUT2D eigenvalue weighted by molar-refractivity contribution is 5.90. The highest BCUT2D eigenvalue weighted by Crippen LogP contribution is 2.41. The van der Waals surface area contributed by atoms with E-state index >= 15 is 0 Å². The zero-order valence-electron chi connectivity index (χ0n) is 12.7. The molecule has 0 aromatic carbocycles. The van der Waals surface area contributed by atoms with Crippen LogP contribution < -0.4 is 0 Å². The van der Waals surface area contributed by atoms with Crippen molar-refractivity contribution in [1.82, 2.24) is 14.8 Å². The van der Waals surface area contributed by atoms with Crippen LogP contribution in [0.25, 0.3) is 0 Å². The lowest BCUT2D eigenvalue weighted by Gasteiger charge is -2.34. The number of rotatable bonds is 4. The fraction of sp³-hybridized carbons (Fsp3) is 0.583. The second kappa shape index (κ2) is 5.85. The van der Waals surface area contributed by atoms with Crippen molar-refractivity contribution >= 4 is 17.3 Å². The van der Waals surface area contributed by atoms with E-state index in [2.05, 4.69) is 10.2 Å². The third-order valence-corrected chi connectivity index (χ3v) is 3.58. The van der Waals surface area contributed by atoms with E-state index in [1.54, 1.807) is 0 Å². The van der Waals surface area contributed by atoms with Crippen LogP contribution in [0, 0.1) is 10.1 Å². The number of halogens is 3. The average molecular weight is 349 g/mol. The Labute approximate surface area is 133 Å². The number of hydrogen-bond acceptors (Lipinski definition) is 6. The molecule has 2 atom stereocenters. The van der Waals surface area contributed by atoms with Gasteiger partial charge < -0.3 is 5.11 Å². The van der Waals surface area contributed by atoms with Gasteiger partial charge in [0.25, 0.3) is 11.6 Å². The molecule has 0 fully saturated rings. The van der Waals surface area contributed by atoms with Crippen LogP contribution in [0.5, 0.6) is 0 Å². The molecule has 0 saturated carbocycles. The Bertz CT molecular complexity index is 701. The zero-order valence-corrected chi connectivity index (χ0v) is 12.7. The Kier molecular flexibility index (Phi) is 4.35. The van der Waals surface area contributed by atoms with E-state index in [1.165, 1.54) is 13.8 Å². The monoisotopic (exact) mass is 349 g/mol. The van der Waals surface area contributed by atoms with E-state index in [9.17, 15) is 33.2 Å². The molecule has 132 valence electrons. The predicted octanol–water partition coefficient (Wildman–Crippen LogP) is 1.60. The Morgan fingerprint density at radius 1 is 1.58 bits per heavy atom. The molecule has 1 aliphatic heterocycles. The van der Waals surface area contributed by atoms with Gasteiger partial charge in [-0.1, -0.05) is 6.92 Å². The van der Waals surface area contributed by atoms with Crippen molar-refractivity contribution in [3.8, 4) is 0 Å². The van der Waals surface area contributed by atoms with E-state index in [0.717, 1.165) is 17.1 Å². The van der Waals surface area contributed by atoms with Gasteiger partial charge in [0.1, 0.15) is 18.4 Å². The first kappa shape index (κ1) is 17.8. The van der Waals surface area contributed by atoms with Crippen molar-refractivity contribution < 1.29 is 28.0 Å². The first-order valence-electron chi connectivity index (χ1n) is 6.87. The first-order chi connectivity index (χ1) is 11.0. The molecule has 0 saturated heterocycles. The third kappa shape index (κ3) is 2.84. The van der Waals surface area contributed by atoms with Gasteiger partial charge in [0.05, 0.1) is 4.92 Å². The van der Waals surface area contributed by atoms with Gasteiger partial charge in [-0.3, -0.25) is 19.6 Å². The SMILES string of the molecule is CCC(C(=O)N1N=C(C)CC1(O)C(F)(F)F)n1cc([N+](=O)[O-])cn1. The van der Waals surface area contributed by atoms with Gasteiger partial charge in [0.2, 0.25) is 0 Å². The van der Waals surface area contributed by atoms with Crippen molar-refractivity contribution in [2.45, 2.75) is 44.6 Å². The van der Waals surface area contributed by atoms with Crippen LogP contribution in [0.15, 0.2) is 17.5 Å². The first-order valence-corrected chi connectivity index (χ1v) is 6.87. The van der Waals surface area contributed by atoms with E-state index in [1.807, 2.05) is 0 Å². The molecular formula is C12H14F3N5O4. The summed E-state index contributed by atoms with van der Waals surface area (Å²) in [6.45, 7) is 2.75. The number of amides is 1. The molecule has 9 nitrogen and oxygen atoms in total. The van der Waals surface area contributed by atoms with Gasteiger partial charge in [-0.2, -0.15) is 28.4 Å². The number of aliphatic hydroxyl groups is 1. The van der Waals surface area contributed by atoms with Crippen molar-refractivity contribution in [2.24, 2.45) is 5.10 Å². The van der Waals surface area contributed by atoms with Crippen molar-refractivity contribution in [3.63, 3.8) is 0 Å². The topological polar surface area (TPSA) is 114 Å². The van der Waals surface area contributed by atoms with Crippen LogP contribution in [0.4, 0.5) is 18.9 Å². The number of hydrogen-bond donors (Lipinski definition) is 1. The summed E-state index contributed by atoms with van der Waals surface area (Å²) >= 11 is 0. The summed E-state index contributed by atoms with van der Waals surface area (Å²) in [6.07, 6.45) is -4.16. The Morgan fingerprint density at radius 3 is 2.67 bits per heavy atom. The summed E-state index contributed by atoms with van der Waals surface area (Å²) in [7, 11) is 0. The summed E-state index contributed by atoms with van der Waals surface area (Å²) in [5, 5.41) is 27.8. The maximum absolute atomic E-state index is 13.2. The lowest BCUT2D eigenvalue weighted by Crippen LogP contribution is -2.57. The molecule has 0 radical (unpaired) electrons. The number of alkyl halides is 3. The molecule has 2 unspecified atom stereocenters. The lowest BCUT2D eigenvalue weighted by molar-refractivity contribution is -0.385. The second-order valence-electron chi connectivity index (χ2n) is 5.34. The molecule has 2 rings (SSSR count). The molecule has 0 bridgehead atoms. The van der Waals surface area contributed by atoms with Crippen LogP contribution in [-0.4, -0.2) is 48.3 Å². The molecule has 0 spiro atoms. The van der Waals surface area contributed by atoms with Gasteiger partial charge >= 0.3 is 11.9 Å². The molecule has 1 amide bonds. The number of nitrogens with zero attached hydrogens (tertiary/aromatic N) is 5. The summed E-state index contributed by atoms with van der Waals surface area (Å²) in [5.41, 5.74) is -3.92. The average Bonchev–Trinajstić information content (AvgIpc) is 3.04.